The maximum Gasteiger partial charge on any atom is 0.253 e. The fourth-order valence-corrected chi connectivity index (χ4v) is 3.84. The molecule has 1 amide bonds. The molecule has 28 heavy (non-hydrogen) atoms. The van der Waals surface area contributed by atoms with Crippen LogP contribution in [0.2, 0.25) is 0 Å². The Kier molecular flexibility index (Phi) is 5.53. The summed E-state index contributed by atoms with van der Waals surface area (Å²) < 4.78 is 11.2. The lowest BCUT2D eigenvalue weighted by atomic mass is 10.1. The molecule has 0 N–H and O–H groups in total. The lowest BCUT2D eigenvalue weighted by Gasteiger charge is -2.35. The number of hydrogen-bond acceptors (Lipinski definition) is 4. The van der Waals surface area contributed by atoms with Crippen molar-refractivity contribution < 1.29 is 14.3 Å². The number of nitrogens with zero attached hydrogens (tertiary/aromatic N) is 2. The van der Waals surface area contributed by atoms with Crippen LogP contribution in [0, 0.1) is 0 Å². The summed E-state index contributed by atoms with van der Waals surface area (Å²) in [6.07, 6.45) is 1.14. The van der Waals surface area contributed by atoms with Gasteiger partial charge in [-0.2, -0.15) is 0 Å². The van der Waals surface area contributed by atoms with Crippen LogP contribution in [0.25, 0.3) is 0 Å². The van der Waals surface area contributed by atoms with Crippen LogP contribution in [-0.4, -0.2) is 54.6 Å². The number of benzene rings is 2. The first kappa shape index (κ1) is 18.8. The fraction of sp³-hybridized carbons (Fsp3) is 0.435. The van der Waals surface area contributed by atoms with Crippen LogP contribution in [0.5, 0.6) is 11.5 Å². The Morgan fingerprint density at radius 1 is 1.07 bits per heavy atom. The second-order valence-corrected chi connectivity index (χ2v) is 7.80. The number of piperazine rings is 1. The first-order valence-corrected chi connectivity index (χ1v) is 10.1. The van der Waals surface area contributed by atoms with Gasteiger partial charge in [-0.15, -0.1) is 0 Å². The lowest BCUT2D eigenvalue weighted by Crippen LogP contribution is -2.48. The lowest BCUT2D eigenvalue weighted by molar-refractivity contribution is 0.0628. The molecule has 0 saturated carbocycles. The highest BCUT2D eigenvalue weighted by atomic mass is 16.5. The van der Waals surface area contributed by atoms with Crippen LogP contribution < -0.4 is 9.47 Å². The summed E-state index contributed by atoms with van der Waals surface area (Å²) in [5.41, 5.74) is 3.36. The molecule has 0 aromatic heterocycles. The zero-order chi connectivity index (χ0) is 19.5. The third-order valence-electron chi connectivity index (χ3n) is 5.29. The van der Waals surface area contributed by atoms with Crippen molar-refractivity contribution in [2.75, 3.05) is 32.8 Å². The normalized spacial score (nSPS) is 16.8. The SMILES string of the molecule is CC(C)Oc1ccc(C(=O)N2CCN(Cc3ccc4c(c3)CCO4)CC2)cc1. The van der Waals surface area contributed by atoms with Crippen molar-refractivity contribution in [2.45, 2.75) is 32.9 Å². The molecule has 0 bridgehead atoms. The standard InChI is InChI=1S/C23H28N2O3/c1-17(2)28-21-6-4-19(5-7-21)23(26)25-12-10-24(11-13-25)16-18-3-8-22-20(15-18)9-14-27-22/h3-8,15,17H,9-14,16H2,1-2H3. The Hall–Kier alpha value is -2.53. The Bertz CT molecular complexity index is 824. The fourth-order valence-electron chi connectivity index (χ4n) is 3.84. The van der Waals surface area contributed by atoms with Gasteiger partial charge >= 0.3 is 0 Å². The van der Waals surface area contributed by atoms with Gasteiger partial charge in [-0.25, -0.2) is 0 Å². The second kappa shape index (κ2) is 8.23. The largest absolute Gasteiger partial charge is 0.493 e. The Balaban J connectivity index is 1.30. The van der Waals surface area contributed by atoms with Gasteiger partial charge in [-0.05, 0) is 55.3 Å². The quantitative estimate of drug-likeness (QED) is 0.798. The third-order valence-corrected chi connectivity index (χ3v) is 5.29. The number of amides is 1. The molecule has 4 rings (SSSR count). The van der Waals surface area contributed by atoms with Crippen LogP contribution in [0.3, 0.4) is 0 Å². The topological polar surface area (TPSA) is 42.0 Å². The zero-order valence-electron chi connectivity index (χ0n) is 16.7. The Labute approximate surface area is 166 Å². The minimum Gasteiger partial charge on any atom is -0.493 e. The van der Waals surface area contributed by atoms with Crippen LogP contribution in [-0.2, 0) is 13.0 Å². The van der Waals surface area contributed by atoms with Crippen molar-refractivity contribution in [3.05, 3.63) is 59.2 Å². The van der Waals surface area contributed by atoms with Crippen molar-refractivity contribution in [3.63, 3.8) is 0 Å². The number of fused-ring (bicyclic) bond motifs is 1. The molecule has 148 valence electrons. The molecule has 1 fully saturated rings. The van der Waals surface area contributed by atoms with Gasteiger partial charge in [-0.1, -0.05) is 12.1 Å². The second-order valence-electron chi connectivity index (χ2n) is 7.80. The van der Waals surface area contributed by atoms with Gasteiger partial charge in [-0.3, -0.25) is 9.69 Å². The summed E-state index contributed by atoms with van der Waals surface area (Å²) in [4.78, 5) is 17.1. The Morgan fingerprint density at radius 3 is 2.54 bits per heavy atom. The van der Waals surface area contributed by atoms with Crippen molar-refractivity contribution in [2.24, 2.45) is 0 Å². The van der Waals surface area contributed by atoms with Crippen LogP contribution in [0.4, 0.5) is 0 Å². The van der Waals surface area contributed by atoms with Gasteiger partial charge in [0.2, 0.25) is 0 Å². The van der Waals surface area contributed by atoms with Gasteiger partial charge in [0.25, 0.3) is 5.91 Å². The number of rotatable bonds is 5. The zero-order valence-corrected chi connectivity index (χ0v) is 16.7. The predicted molar refractivity (Wildman–Crippen MR) is 109 cm³/mol. The maximum atomic E-state index is 12.8. The predicted octanol–water partition coefficient (Wildman–Crippen LogP) is 3.37. The van der Waals surface area contributed by atoms with E-state index in [1.54, 1.807) is 0 Å². The summed E-state index contributed by atoms with van der Waals surface area (Å²) in [5.74, 6) is 1.94. The van der Waals surface area contributed by atoms with Gasteiger partial charge in [0.1, 0.15) is 11.5 Å². The highest BCUT2D eigenvalue weighted by molar-refractivity contribution is 5.94. The summed E-state index contributed by atoms with van der Waals surface area (Å²) in [6, 6.07) is 14.0. The molecule has 1 saturated heterocycles. The van der Waals surface area contributed by atoms with E-state index in [9.17, 15) is 4.79 Å². The van der Waals surface area contributed by atoms with E-state index in [2.05, 4.69) is 23.1 Å². The number of hydrogen-bond donors (Lipinski definition) is 0. The summed E-state index contributed by atoms with van der Waals surface area (Å²) >= 11 is 0. The molecule has 2 aliphatic rings. The van der Waals surface area contributed by atoms with E-state index in [1.165, 1.54) is 11.1 Å². The summed E-state index contributed by atoms with van der Waals surface area (Å²) in [7, 11) is 0. The van der Waals surface area contributed by atoms with E-state index in [0.717, 1.165) is 62.8 Å². The molecule has 2 aromatic carbocycles. The number of carbonyl (C=O) groups is 1. The van der Waals surface area contributed by atoms with E-state index in [-0.39, 0.29) is 12.0 Å². The van der Waals surface area contributed by atoms with Crippen molar-refractivity contribution >= 4 is 5.91 Å². The molecule has 5 nitrogen and oxygen atoms in total. The molecular formula is C23H28N2O3. The highest BCUT2D eigenvalue weighted by Crippen LogP contribution is 2.26. The number of ether oxygens (including phenoxy) is 2. The molecule has 0 unspecified atom stereocenters. The van der Waals surface area contributed by atoms with Gasteiger partial charge in [0, 0.05) is 44.7 Å². The smallest absolute Gasteiger partial charge is 0.253 e. The molecular weight excluding hydrogens is 352 g/mol. The summed E-state index contributed by atoms with van der Waals surface area (Å²) in [6.45, 7) is 9.03. The van der Waals surface area contributed by atoms with E-state index >= 15 is 0 Å². The molecule has 0 aliphatic carbocycles. The average molecular weight is 380 g/mol. The molecule has 0 atom stereocenters. The molecule has 2 aromatic rings. The Morgan fingerprint density at radius 2 is 1.82 bits per heavy atom. The first-order chi connectivity index (χ1) is 13.6. The van der Waals surface area contributed by atoms with Crippen LogP contribution in [0.1, 0.15) is 35.3 Å². The minimum absolute atomic E-state index is 0.102. The maximum absolute atomic E-state index is 12.8. The molecule has 2 aliphatic heterocycles. The van der Waals surface area contributed by atoms with Gasteiger partial charge in [0.05, 0.1) is 12.7 Å². The average Bonchev–Trinajstić information content (AvgIpc) is 3.16. The van der Waals surface area contributed by atoms with Crippen molar-refractivity contribution in [1.29, 1.82) is 0 Å². The molecule has 0 spiro atoms. The van der Waals surface area contributed by atoms with Crippen molar-refractivity contribution in [3.8, 4) is 11.5 Å². The molecule has 2 heterocycles. The molecule has 5 heteroatoms. The van der Waals surface area contributed by atoms with Crippen LogP contribution in [0.15, 0.2) is 42.5 Å². The molecule has 0 radical (unpaired) electrons. The van der Waals surface area contributed by atoms with Gasteiger partial charge in [0.15, 0.2) is 0 Å². The first-order valence-electron chi connectivity index (χ1n) is 10.1. The van der Waals surface area contributed by atoms with Crippen molar-refractivity contribution in [1.82, 2.24) is 9.80 Å². The monoisotopic (exact) mass is 380 g/mol. The van der Waals surface area contributed by atoms with E-state index in [0.29, 0.717) is 0 Å². The summed E-state index contributed by atoms with van der Waals surface area (Å²) in [5, 5.41) is 0. The van der Waals surface area contributed by atoms with Crippen LogP contribution >= 0.6 is 0 Å². The van der Waals surface area contributed by atoms with E-state index < -0.39 is 0 Å². The minimum atomic E-state index is 0.102. The van der Waals surface area contributed by atoms with E-state index in [1.807, 2.05) is 43.0 Å². The van der Waals surface area contributed by atoms with E-state index in [4.69, 9.17) is 9.47 Å². The third kappa shape index (κ3) is 4.30. The highest BCUT2D eigenvalue weighted by Gasteiger charge is 2.22. The van der Waals surface area contributed by atoms with Gasteiger partial charge < -0.3 is 14.4 Å². The number of carbonyl (C=O) groups excluding carboxylic acids is 1.